The molecule has 0 aliphatic heterocycles. The van der Waals surface area contributed by atoms with Crippen molar-refractivity contribution < 1.29 is 13.2 Å². The molecule has 1 aromatic carbocycles. The highest BCUT2D eigenvalue weighted by Crippen LogP contribution is 2.31. The van der Waals surface area contributed by atoms with Crippen LogP contribution in [0.15, 0.2) is 29.6 Å². The molecule has 0 aliphatic rings. The summed E-state index contributed by atoms with van der Waals surface area (Å²) in [4.78, 5) is 10.8. The summed E-state index contributed by atoms with van der Waals surface area (Å²) in [6.45, 7) is 3.77. The first-order valence-electron chi connectivity index (χ1n) is 5.70. The van der Waals surface area contributed by atoms with Gasteiger partial charge in [0.2, 0.25) is 0 Å². The second-order valence-corrected chi connectivity index (χ2v) is 4.11. The lowest BCUT2D eigenvalue weighted by atomic mass is 10.1. The summed E-state index contributed by atoms with van der Waals surface area (Å²) in [5, 5.41) is 4.07. The molecule has 0 spiro atoms. The SMILES string of the molecule is CCCC(C)N(N=O)c1ccc(C(F)(F)F)cc1. The maximum absolute atomic E-state index is 12.4. The Labute approximate surface area is 104 Å². The van der Waals surface area contributed by atoms with Crippen molar-refractivity contribution >= 4 is 5.69 Å². The van der Waals surface area contributed by atoms with E-state index in [4.69, 9.17) is 0 Å². The topological polar surface area (TPSA) is 32.7 Å². The molecule has 0 N–H and O–H groups in total. The van der Waals surface area contributed by atoms with Crippen molar-refractivity contribution in [2.24, 2.45) is 5.29 Å². The molecule has 0 saturated carbocycles. The summed E-state index contributed by atoms with van der Waals surface area (Å²) < 4.78 is 37.1. The first-order valence-corrected chi connectivity index (χ1v) is 5.70. The Morgan fingerprint density at radius 1 is 1.28 bits per heavy atom. The van der Waals surface area contributed by atoms with Crippen LogP contribution in [0.3, 0.4) is 0 Å². The Bertz CT molecular complexity index is 389. The van der Waals surface area contributed by atoms with E-state index in [-0.39, 0.29) is 6.04 Å². The maximum atomic E-state index is 12.4. The van der Waals surface area contributed by atoms with E-state index in [9.17, 15) is 18.1 Å². The fourth-order valence-corrected chi connectivity index (χ4v) is 1.73. The van der Waals surface area contributed by atoms with Crippen molar-refractivity contribution in [1.82, 2.24) is 0 Å². The zero-order chi connectivity index (χ0) is 13.8. The normalized spacial score (nSPS) is 13.2. The van der Waals surface area contributed by atoms with Gasteiger partial charge in [0.25, 0.3) is 0 Å². The number of benzene rings is 1. The second-order valence-electron chi connectivity index (χ2n) is 4.11. The predicted molar refractivity (Wildman–Crippen MR) is 64.1 cm³/mol. The van der Waals surface area contributed by atoms with Gasteiger partial charge in [0, 0.05) is 0 Å². The highest BCUT2D eigenvalue weighted by molar-refractivity contribution is 5.47. The van der Waals surface area contributed by atoms with Crippen molar-refractivity contribution in [3.63, 3.8) is 0 Å². The summed E-state index contributed by atoms with van der Waals surface area (Å²) >= 11 is 0. The molecule has 0 aliphatic carbocycles. The second kappa shape index (κ2) is 5.84. The first-order chi connectivity index (χ1) is 8.40. The third-order valence-electron chi connectivity index (χ3n) is 2.67. The molecule has 0 heterocycles. The molecular formula is C12H15F3N2O. The maximum Gasteiger partial charge on any atom is 0.416 e. The molecule has 0 radical (unpaired) electrons. The minimum absolute atomic E-state index is 0.135. The molecule has 6 heteroatoms. The van der Waals surface area contributed by atoms with E-state index in [0.29, 0.717) is 5.69 Å². The van der Waals surface area contributed by atoms with E-state index in [1.54, 1.807) is 0 Å². The van der Waals surface area contributed by atoms with Gasteiger partial charge in [0.05, 0.1) is 22.6 Å². The van der Waals surface area contributed by atoms with Crippen molar-refractivity contribution in [2.45, 2.75) is 38.9 Å². The minimum Gasteiger partial charge on any atom is -0.227 e. The summed E-state index contributed by atoms with van der Waals surface area (Å²) in [7, 11) is 0. The number of alkyl halides is 3. The molecule has 3 nitrogen and oxygen atoms in total. The first kappa shape index (κ1) is 14.5. The number of anilines is 1. The summed E-state index contributed by atoms with van der Waals surface area (Å²) in [6, 6.07) is 4.29. The van der Waals surface area contributed by atoms with E-state index in [2.05, 4.69) is 5.29 Å². The summed E-state index contributed by atoms with van der Waals surface area (Å²) in [5.41, 5.74) is -0.362. The number of hydrogen-bond donors (Lipinski definition) is 0. The molecule has 1 unspecified atom stereocenters. The van der Waals surface area contributed by atoms with E-state index in [1.165, 1.54) is 17.1 Å². The Morgan fingerprint density at radius 2 is 1.83 bits per heavy atom. The Kier molecular flexibility index (Phi) is 4.69. The number of rotatable bonds is 5. The van der Waals surface area contributed by atoms with Gasteiger partial charge in [-0.1, -0.05) is 13.3 Å². The number of nitrogens with zero attached hydrogens (tertiary/aromatic N) is 2. The van der Waals surface area contributed by atoms with Gasteiger partial charge in [-0.05, 0) is 37.6 Å². The van der Waals surface area contributed by atoms with E-state index in [0.717, 1.165) is 25.0 Å². The predicted octanol–water partition coefficient (Wildman–Crippen LogP) is 4.38. The standard InChI is InChI=1S/C12H15F3N2O/c1-3-4-9(2)17(16-18)11-7-5-10(6-8-11)12(13,14)15/h5-9H,3-4H2,1-2H3. The Morgan fingerprint density at radius 3 is 2.22 bits per heavy atom. The lowest BCUT2D eigenvalue weighted by Crippen LogP contribution is -2.27. The molecule has 18 heavy (non-hydrogen) atoms. The molecule has 0 fully saturated rings. The molecule has 1 atom stereocenters. The molecule has 0 saturated heterocycles. The van der Waals surface area contributed by atoms with Gasteiger partial charge in [-0.3, -0.25) is 0 Å². The van der Waals surface area contributed by atoms with Gasteiger partial charge in [-0.25, -0.2) is 5.01 Å². The Balaban J connectivity index is 2.92. The zero-order valence-corrected chi connectivity index (χ0v) is 10.2. The van der Waals surface area contributed by atoms with Crippen molar-refractivity contribution in [2.75, 3.05) is 5.01 Å². The van der Waals surface area contributed by atoms with Crippen molar-refractivity contribution in [3.05, 3.63) is 34.7 Å². The van der Waals surface area contributed by atoms with Gasteiger partial charge < -0.3 is 0 Å². The van der Waals surface area contributed by atoms with E-state index < -0.39 is 11.7 Å². The molecule has 0 amide bonds. The fourth-order valence-electron chi connectivity index (χ4n) is 1.73. The average molecular weight is 260 g/mol. The minimum atomic E-state index is -4.37. The van der Waals surface area contributed by atoms with Crippen LogP contribution in [0, 0.1) is 4.91 Å². The average Bonchev–Trinajstić information content (AvgIpc) is 2.30. The van der Waals surface area contributed by atoms with Crippen LogP contribution >= 0.6 is 0 Å². The Hall–Kier alpha value is -1.59. The van der Waals surface area contributed by atoms with Crippen LogP contribution in [0.4, 0.5) is 18.9 Å². The van der Waals surface area contributed by atoms with Crippen LogP contribution in [0.25, 0.3) is 0 Å². The zero-order valence-electron chi connectivity index (χ0n) is 10.2. The monoisotopic (exact) mass is 260 g/mol. The van der Waals surface area contributed by atoms with Crippen LogP contribution in [0.2, 0.25) is 0 Å². The quantitative estimate of drug-likeness (QED) is 0.581. The molecule has 100 valence electrons. The van der Waals surface area contributed by atoms with Crippen molar-refractivity contribution in [3.8, 4) is 0 Å². The molecule has 0 aromatic heterocycles. The number of nitroso groups, excluding NO2 is 1. The van der Waals surface area contributed by atoms with Crippen LogP contribution < -0.4 is 5.01 Å². The smallest absolute Gasteiger partial charge is 0.227 e. The largest absolute Gasteiger partial charge is 0.416 e. The lowest BCUT2D eigenvalue weighted by molar-refractivity contribution is -0.137. The van der Waals surface area contributed by atoms with E-state index in [1.807, 2.05) is 13.8 Å². The van der Waals surface area contributed by atoms with E-state index >= 15 is 0 Å². The van der Waals surface area contributed by atoms with Gasteiger partial charge in [0.1, 0.15) is 0 Å². The third kappa shape index (κ3) is 3.45. The highest BCUT2D eigenvalue weighted by Gasteiger charge is 2.30. The lowest BCUT2D eigenvalue weighted by Gasteiger charge is -2.22. The molecular weight excluding hydrogens is 245 g/mol. The third-order valence-corrected chi connectivity index (χ3v) is 2.67. The summed E-state index contributed by atoms with van der Waals surface area (Å²) in [5.74, 6) is 0. The van der Waals surface area contributed by atoms with Gasteiger partial charge in [-0.15, -0.1) is 4.91 Å². The fraction of sp³-hybridized carbons (Fsp3) is 0.500. The molecule has 1 aromatic rings. The van der Waals surface area contributed by atoms with Crippen molar-refractivity contribution in [1.29, 1.82) is 0 Å². The highest BCUT2D eigenvalue weighted by atomic mass is 19.4. The van der Waals surface area contributed by atoms with Crippen LogP contribution in [-0.4, -0.2) is 6.04 Å². The van der Waals surface area contributed by atoms with Crippen LogP contribution in [0.5, 0.6) is 0 Å². The molecule has 1 rings (SSSR count). The van der Waals surface area contributed by atoms with Gasteiger partial charge in [-0.2, -0.15) is 13.2 Å². The summed E-state index contributed by atoms with van der Waals surface area (Å²) in [6.07, 6.45) is -2.76. The molecule has 0 bridgehead atoms. The number of hydrogen-bond acceptors (Lipinski definition) is 2. The van der Waals surface area contributed by atoms with Gasteiger partial charge in [0.15, 0.2) is 0 Å². The van der Waals surface area contributed by atoms with Crippen LogP contribution in [-0.2, 0) is 6.18 Å². The number of halogens is 3. The van der Waals surface area contributed by atoms with Gasteiger partial charge >= 0.3 is 6.18 Å². The van der Waals surface area contributed by atoms with Crippen LogP contribution in [0.1, 0.15) is 32.3 Å².